The summed E-state index contributed by atoms with van der Waals surface area (Å²) < 4.78 is 7.20. The highest BCUT2D eigenvalue weighted by molar-refractivity contribution is 5.13. The molecular weight excluding hydrogens is 168 g/mol. The molecule has 2 heterocycles. The second-order valence-corrected chi connectivity index (χ2v) is 3.50. The minimum Gasteiger partial charge on any atom is -0.390 e. The van der Waals surface area contributed by atoms with Crippen molar-refractivity contribution in [3.05, 3.63) is 17.7 Å². The van der Waals surface area contributed by atoms with E-state index in [1.54, 1.807) is 0 Å². The van der Waals surface area contributed by atoms with E-state index < -0.39 is 0 Å². The fourth-order valence-corrected chi connectivity index (χ4v) is 1.69. The van der Waals surface area contributed by atoms with Crippen LogP contribution >= 0.6 is 0 Å². The molecule has 72 valence electrons. The van der Waals surface area contributed by atoms with Gasteiger partial charge in [0.1, 0.15) is 5.82 Å². The summed E-state index contributed by atoms with van der Waals surface area (Å²) in [6, 6.07) is 0. The van der Waals surface area contributed by atoms with Crippen LogP contribution in [0.3, 0.4) is 0 Å². The Balaban J connectivity index is 2.29. The average Bonchev–Trinajstić information content (AvgIpc) is 2.62. The van der Waals surface area contributed by atoms with Crippen LogP contribution in [0.5, 0.6) is 0 Å². The Labute approximate surface area is 77.2 Å². The predicted molar refractivity (Wildman–Crippen MR) is 47.5 cm³/mol. The largest absolute Gasteiger partial charge is 0.390 e. The highest BCUT2D eigenvalue weighted by Gasteiger charge is 2.30. The molecule has 4 heteroatoms. The number of imidazole rings is 1. The van der Waals surface area contributed by atoms with Crippen LogP contribution in [0.15, 0.2) is 6.20 Å². The van der Waals surface area contributed by atoms with E-state index in [9.17, 15) is 5.11 Å². The Morgan fingerprint density at radius 3 is 2.85 bits per heavy atom. The number of nitrogens with zero attached hydrogens (tertiary/aromatic N) is 2. The summed E-state index contributed by atoms with van der Waals surface area (Å²) >= 11 is 0. The van der Waals surface area contributed by atoms with E-state index in [1.165, 1.54) is 0 Å². The lowest BCUT2D eigenvalue weighted by atomic mass is 10.0. The van der Waals surface area contributed by atoms with E-state index >= 15 is 0 Å². The molecule has 13 heavy (non-hydrogen) atoms. The number of rotatable bonds is 1. The Morgan fingerprint density at radius 2 is 2.38 bits per heavy atom. The molecule has 0 spiro atoms. The first kappa shape index (κ1) is 8.72. The van der Waals surface area contributed by atoms with Gasteiger partial charge in [-0.25, -0.2) is 4.98 Å². The number of aliphatic hydroxyl groups excluding tert-OH is 1. The molecule has 4 nitrogen and oxygen atoms in total. The first-order chi connectivity index (χ1) is 6.20. The van der Waals surface area contributed by atoms with Gasteiger partial charge >= 0.3 is 0 Å². The molecule has 0 bridgehead atoms. The molecule has 0 radical (unpaired) electrons. The monoisotopic (exact) mass is 182 g/mol. The number of hydrogen-bond acceptors (Lipinski definition) is 3. The first-order valence-electron chi connectivity index (χ1n) is 4.44. The molecule has 0 aliphatic carbocycles. The maximum atomic E-state index is 9.61. The molecule has 1 fully saturated rings. The summed E-state index contributed by atoms with van der Waals surface area (Å²) in [4.78, 5) is 4.19. The summed E-state index contributed by atoms with van der Waals surface area (Å²) in [5.41, 5.74) is 1.06. The summed E-state index contributed by atoms with van der Waals surface area (Å²) in [6.45, 7) is 2.99. The molecule has 1 aliphatic rings. The summed E-state index contributed by atoms with van der Waals surface area (Å²) in [5, 5.41) is 9.61. The van der Waals surface area contributed by atoms with Crippen LogP contribution in [0, 0.1) is 6.92 Å². The SMILES string of the molecule is Cc1ncc([C@@H]2COC[C@H]2O)n1C. The van der Waals surface area contributed by atoms with E-state index in [0.29, 0.717) is 13.2 Å². The molecule has 1 saturated heterocycles. The van der Waals surface area contributed by atoms with E-state index in [4.69, 9.17) is 4.74 Å². The van der Waals surface area contributed by atoms with Crippen LogP contribution in [0.4, 0.5) is 0 Å². The van der Waals surface area contributed by atoms with Crippen LogP contribution in [0.1, 0.15) is 17.4 Å². The fraction of sp³-hybridized carbons (Fsp3) is 0.667. The normalized spacial score (nSPS) is 28.2. The van der Waals surface area contributed by atoms with Crippen molar-refractivity contribution >= 4 is 0 Å². The van der Waals surface area contributed by atoms with Crippen molar-refractivity contribution in [1.29, 1.82) is 0 Å². The van der Waals surface area contributed by atoms with Crippen LogP contribution in [0.25, 0.3) is 0 Å². The minimum atomic E-state index is -0.380. The summed E-state index contributed by atoms with van der Waals surface area (Å²) in [7, 11) is 1.96. The molecule has 1 N–H and O–H groups in total. The van der Waals surface area contributed by atoms with Gasteiger partial charge in [-0.2, -0.15) is 0 Å². The van der Waals surface area contributed by atoms with Gasteiger partial charge in [-0.05, 0) is 6.92 Å². The van der Waals surface area contributed by atoms with Gasteiger partial charge in [0.15, 0.2) is 0 Å². The molecule has 1 aromatic rings. The van der Waals surface area contributed by atoms with Crippen molar-refractivity contribution in [1.82, 2.24) is 9.55 Å². The highest BCUT2D eigenvalue weighted by atomic mass is 16.5. The topological polar surface area (TPSA) is 47.3 Å². The van der Waals surface area contributed by atoms with Crippen molar-refractivity contribution in [2.24, 2.45) is 7.05 Å². The third-order valence-electron chi connectivity index (χ3n) is 2.69. The van der Waals surface area contributed by atoms with Crippen LogP contribution in [-0.2, 0) is 11.8 Å². The number of aliphatic hydroxyl groups is 1. The smallest absolute Gasteiger partial charge is 0.105 e. The molecule has 0 aromatic carbocycles. The molecule has 1 aromatic heterocycles. The fourth-order valence-electron chi connectivity index (χ4n) is 1.69. The maximum absolute atomic E-state index is 9.61. The number of aromatic nitrogens is 2. The number of ether oxygens (including phenoxy) is 1. The second kappa shape index (κ2) is 3.12. The van der Waals surface area contributed by atoms with Gasteiger partial charge in [0.25, 0.3) is 0 Å². The molecule has 0 saturated carbocycles. The van der Waals surface area contributed by atoms with Gasteiger partial charge in [0.2, 0.25) is 0 Å². The van der Waals surface area contributed by atoms with Crippen LogP contribution < -0.4 is 0 Å². The molecular formula is C9H14N2O2. The third kappa shape index (κ3) is 1.36. The van der Waals surface area contributed by atoms with Crippen molar-refractivity contribution < 1.29 is 9.84 Å². The minimum absolute atomic E-state index is 0.0891. The zero-order valence-electron chi connectivity index (χ0n) is 7.90. The quantitative estimate of drug-likeness (QED) is 0.675. The van der Waals surface area contributed by atoms with Crippen molar-refractivity contribution in [2.75, 3.05) is 13.2 Å². The Hall–Kier alpha value is -0.870. The van der Waals surface area contributed by atoms with E-state index in [2.05, 4.69) is 4.98 Å². The summed E-state index contributed by atoms with van der Waals surface area (Å²) in [6.07, 6.45) is 1.44. The van der Waals surface area contributed by atoms with Crippen LogP contribution in [0.2, 0.25) is 0 Å². The average molecular weight is 182 g/mol. The van der Waals surface area contributed by atoms with Crippen molar-refractivity contribution in [3.63, 3.8) is 0 Å². The van der Waals surface area contributed by atoms with Gasteiger partial charge in [0.05, 0.1) is 25.2 Å². The standard InChI is InChI=1S/C9H14N2O2/c1-6-10-3-8(11(6)2)7-4-13-5-9(7)12/h3,7,9,12H,4-5H2,1-2H3/t7-,9+/m0/s1. The van der Waals surface area contributed by atoms with Crippen LogP contribution in [-0.4, -0.2) is 34.0 Å². The highest BCUT2D eigenvalue weighted by Crippen LogP contribution is 2.25. The number of aryl methyl sites for hydroxylation is 1. The Morgan fingerprint density at radius 1 is 1.62 bits per heavy atom. The van der Waals surface area contributed by atoms with E-state index in [-0.39, 0.29) is 12.0 Å². The predicted octanol–water partition coefficient (Wildman–Crippen LogP) is 0.203. The Kier molecular flexibility index (Phi) is 2.09. The van der Waals surface area contributed by atoms with E-state index in [0.717, 1.165) is 11.5 Å². The zero-order valence-corrected chi connectivity index (χ0v) is 7.90. The van der Waals surface area contributed by atoms with Crippen molar-refractivity contribution in [2.45, 2.75) is 18.9 Å². The molecule has 1 aliphatic heterocycles. The lowest BCUT2D eigenvalue weighted by molar-refractivity contribution is 0.124. The van der Waals surface area contributed by atoms with Gasteiger partial charge < -0.3 is 14.4 Å². The van der Waals surface area contributed by atoms with Gasteiger partial charge in [-0.15, -0.1) is 0 Å². The van der Waals surface area contributed by atoms with Gasteiger partial charge in [-0.3, -0.25) is 0 Å². The first-order valence-corrected chi connectivity index (χ1v) is 4.44. The van der Waals surface area contributed by atoms with E-state index in [1.807, 2.05) is 24.7 Å². The third-order valence-corrected chi connectivity index (χ3v) is 2.69. The molecule has 0 amide bonds. The number of hydrogen-bond donors (Lipinski definition) is 1. The Bertz CT molecular complexity index is 309. The van der Waals surface area contributed by atoms with Gasteiger partial charge in [-0.1, -0.05) is 0 Å². The lowest BCUT2D eigenvalue weighted by Crippen LogP contribution is -2.18. The zero-order chi connectivity index (χ0) is 9.42. The van der Waals surface area contributed by atoms with Gasteiger partial charge in [0, 0.05) is 18.9 Å². The van der Waals surface area contributed by atoms with Crippen molar-refractivity contribution in [3.8, 4) is 0 Å². The molecule has 0 unspecified atom stereocenters. The molecule has 2 atom stereocenters. The summed E-state index contributed by atoms with van der Waals surface area (Å²) in [5.74, 6) is 1.06. The maximum Gasteiger partial charge on any atom is 0.105 e. The lowest BCUT2D eigenvalue weighted by Gasteiger charge is -2.12. The molecule has 2 rings (SSSR count). The second-order valence-electron chi connectivity index (χ2n) is 3.50.